The quantitative estimate of drug-likeness (QED) is 0.728. The minimum absolute atomic E-state index is 0.591. The van der Waals surface area contributed by atoms with E-state index in [1.807, 2.05) is 30.3 Å². The number of aromatic nitrogens is 3. The average Bonchev–Trinajstić information content (AvgIpc) is 2.96. The van der Waals surface area contributed by atoms with Gasteiger partial charge in [-0.05, 0) is 45.8 Å². The molecule has 0 spiro atoms. The Bertz CT molecular complexity index is 804. The molecule has 3 rings (SSSR count). The third kappa shape index (κ3) is 3.15. The van der Waals surface area contributed by atoms with Gasteiger partial charge in [0.05, 0.1) is 22.3 Å². The molecule has 0 atom stereocenters. The first kappa shape index (κ1) is 15.1. The lowest BCUT2D eigenvalue weighted by Crippen LogP contribution is -1.90. The molecule has 0 saturated carbocycles. The maximum atomic E-state index is 6.15. The second kappa shape index (κ2) is 6.50. The fourth-order valence-electron chi connectivity index (χ4n) is 2.21. The van der Waals surface area contributed by atoms with Gasteiger partial charge in [0.15, 0.2) is 0 Å². The number of halogens is 2. The number of hydrogen-bond donors (Lipinski definition) is 1. The summed E-state index contributed by atoms with van der Waals surface area (Å²) in [4.78, 5) is 3.98. The summed E-state index contributed by atoms with van der Waals surface area (Å²) in [6.45, 7) is 0. The molecule has 1 N–H and O–H groups in total. The van der Waals surface area contributed by atoms with Crippen LogP contribution < -0.4 is 4.74 Å². The molecule has 0 radical (unpaired) electrons. The van der Waals surface area contributed by atoms with Gasteiger partial charge in [-0.25, -0.2) is 0 Å². The largest absolute Gasteiger partial charge is 0.496 e. The van der Waals surface area contributed by atoms with Crippen molar-refractivity contribution in [3.05, 3.63) is 63.5 Å². The van der Waals surface area contributed by atoms with Crippen LogP contribution in [0.2, 0.25) is 5.02 Å². The fraction of sp³-hybridized carbons (Fsp3) is 0.125. The van der Waals surface area contributed by atoms with Crippen LogP contribution in [0.15, 0.2) is 47.2 Å². The lowest BCUT2D eigenvalue weighted by Gasteiger charge is -2.05. The summed E-state index contributed by atoms with van der Waals surface area (Å²) in [6.07, 6.45) is 4.07. The number of H-pyrrole nitrogens is 1. The van der Waals surface area contributed by atoms with Crippen molar-refractivity contribution in [2.24, 2.45) is 0 Å². The summed E-state index contributed by atoms with van der Waals surface area (Å²) in [5.74, 6) is 0.817. The minimum Gasteiger partial charge on any atom is -0.496 e. The first-order valence-corrected chi connectivity index (χ1v) is 7.81. The Kier molecular flexibility index (Phi) is 4.45. The third-order valence-electron chi connectivity index (χ3n) is 3.29. The summed E-state index contributed by atoms with van der Waals surface area (Å²) < 4.78 is 6.17. The number of hydrogen-bond acceptors (Lipinski definition) is 3. The molecule has 0 aliphatic carbocycles. The number of rotatable bonds is 4. The van der Waals surface area contributed by atoms with Crippen molar-refractivity contribution in [3.63, 3.8) is 0 Å². The van der Waals surface area contributed by atoms with Gasteiger partial charge in [-0.15, -0.1) is 0 Å². The second-order valence-electron chi connectivity index (χ2n) is 4.78. The molecule has 4 nitrogen and oxygen atoms in total. The molecule has 1 aromatic carbocycles. The van der Waals surface area contributed by atoms with Crippen molar-refractivity contribution < 1.29 is 4.74 Å². The number of aromatic amines is 1. The maximum Gasteiger partial charge on any atom is 0.133 e. The maximum absolute atomic E-state index is 6.15. The number of pyridine rings is 1. The zero-order valence-corrected chi connectivity index (χ0v) is 14.1. The molecule has 0 saturated heterocycles. The smallest absolute Gasteiger partial charge is 0.133 e. The van der Waals surface area contributed by atoms with Crippen molar-refractivity contribution in [2.75, 3.05) is 7.11 Å². The number of ether oxygens (including phenoxy) is 1. The molecule has 6 heteroatoms. The van der Waals surface area contributed by atoms with Gasteiger partial charge >= 0.3 is 0 Å². The number of nitrogens with one attached hydrogen (secondary N) is 1. The molecule has 22 heavy (non-hydrogen) atoms. The SMILES string of the molecule is COc1ccc(Cc2cc(-c3ccncc3Cl)n[nH]2)cc1Br. The Morgan fingerprint density at radius 1 is 1.27 bits per heavy atom. The van der Waals surface area contributed by atoms with Crippen LogP contribution in [0.1, 0.15) is 11.3 Å². The van der Waals surface area contributed by atoms with Crippen LogP contribution in [0.3, 0.4) is 0 Å². The van der Waals surface area contributed by atoms with Crippen molar-refractivity contribution in [1.29, 1.82) is 0 Å². The lowest BCUT2D eigenvalue weighted by molar-refractivity contribution is 0.412. The molecule has 0 fully saturated rings. The van der Waals surface area contributed by atoms with E-state index in [9.17, 15) is 0 Å². The molecule has 0 amide bonds. The second-order valence-corrected chi connectivity index (χ2v) is 6.04. The topological polar surface area (TPSA) is 50.8 Å². The zero-order chi connectivity index (χ0) is 15.5. The highest BCUT2D eigenvalue weighted by Crippen LogP contribution is 2.28. The summed E-state index contributed by atoms with van der Waals surface area (Å²) in [5, 5.41) is 7.97. The molecule has 0 aliphatic heterocycles. The monoisotopic (exact) mass is 377 g/mol. The first-order chi connectivity index (χ1) is 10.7. The average molecular weight is 379 g/mol. The van der Waals surface area contributed by atoms with Crippen LogP contribution in [0.5, 0.6) is 5.75 Å². The van der Waals surface area contributed by atoms with E-state index in [1.165, 1.54) is 0 Å². The molecule has 2 heterocycles. The van der Waals surface area contributed by atoms with Gasteiger partial charge in [-0.3, -0.25) is 10.1 Å². The molecule has 0 bridgehead atoms. The van der Waals surface area contributed by atoms with Crippen LogP contribution in [0.4, 0.5) is 0 Å². The van der Waals surface area contributed by atoms with Gasteiger partial charge in [-0.1, -0.05) is 17.7 Å². The van der Waals surface area contributed by atoms with E-state index in [0.29, 0.717) is 5.02 Å². The molecule has 0 unspecified atom stereocenters. The number of benzene rings is 1. The summed E-state index contributed by atoms with van der Waals surface area (Å²) in [6, 6.07) is 9.87. The van der Waals surface area contributed by atoms with Crippen molar-refractivity contribution in [2.45, 2.75) is 6.42 Å². The van der Waals surface area contributed by atoms with Gasteiger partial charge in [0.2, 0.25) is 0 Å². The van der Waals surface area contributed by atoms with Crippen LogP contribution >= 0.6 is 27.5 Å². The predicted molar refractivity (Wildman–Crippen MR) is 90.3 cm³/mol. The van der Waals surface area contributed by atoms with Gasteiger partial charge in [0.25, 0.3) is 0 Å². The normalized spacial score (nSPS) is 10.7. The van der Waals surface area contributed by atoms with Crippen LogP contribution in [0.25, 0.3) is 11.3 Å². The van der Waals surface area contributed by atoms with Crippen molar-refractivity contribution >= 4 is 27.5 Å². The fourth-order valence-corrected chi connectivity index (χ4v) is 3.02. The summed E-state index contributed by atoms with van der Waals surface area (Å²) >= 11 is 9.64. The summed E-state index contributed by atoms with van der Waals surface area (Å²) in [5.41, 5.74) is 3.86. The predicted octanol–water partition coefficient (Wildman–Crippen LogP) is 4.49. The Morgan fingerprint density at radius 3 is 2.86 bits per heavy atom. The first-order valence-electron chi connectivity index (χ1n) is 6.64. The Balaban J connectivity index is 1.83. The molecule has 2 aromatic heterocycles. The van der Waals surface area contributed by atoms with Gasteiger partial charge in [0.1, 0.15) is 5.75 Å². The molecular formula is C16H13BrClN3O. The highest BCUT2D eigenvalue weighted by atomic mass is 79.9. The van der Waals surface area contributed by atoms with Gasteiger partial charge in [0, 0.05) is 30.1 Å². The Hall–Kier alpha value is -1.85. The molecule has 112 valence electrons. The van der Waals surface area contributed by atoms with Crippen LogP contribution in [-0.4, -0.2) is 22.3 Å². The van der Waals surface area contributed by atoms with E-state index in [-0.39, 0.29) is 0 Å². The van der Waals surface area contributed by atoms with Gasteiger partial charge < -0.3 is 4.74 Å². The van der Waals surface area contributed by atoms with E-state index in [1.54, 1.807) is 19.5 Å². The van der Waals surface area contributed by atoms with E-state index in [2.05, 4.69) is 31.1 Å². The van der Waals surface area contributed by atoms with E-state index in [0.717, 1.165) is 39.2 Å². The molecule has 0 aliphatic rings. The standard InChI is InChI=1S/C16H13BrClN3O/c1-22-16-3-2-10(7-13(16)17)6-11-8-15(21-20-11)12-4-5-19-9-14(12)18/h2-5,7-9H,6H2,1H3,(H,20,21). The van der Waals surface area contributed by atoms with Crippen LogP contribution in [0, 0.1) is 0 Å². The zero-order valence-electron chi connectivity index (χ0n) is 11.8. The highest BCUT2D eigenvalue weighted by Gasteiger charge is 2.09. The van der Waals surface area contributed by atoms with Crippen molar-refractivity contribution in [1.82, 2.24) is 15.2 Å². The van der Waals surface area contributed by atoms with E-state index >= 15 is 0 Å². The number of methoxy groups -OCH3 is 1. The van der Waals surface area contributed by atoms with Crippen molar-refractivity contribution in [3.8, 4) is 17.0 Å². The minimum atomic E-state index is 0.591. The summed E-state index contributed by atoms with van der Waals surface area (Å²) in [7, 11) is 1.65. The molecular weight excluding hydrogens is 366 g/mol. The van der Waals surface area contributed by atoms with Gasteiger partial charge in [-0.2, -0.15) is 5.10 Å². The highest BCUT2D eigenvalue weighted by molar-refractivity contribution is 9.10. The third-order valence-corrected chi connectivity index (χ3v) is 4.21. The van der Waals surface area contributed by atoms with Crippen LogP contribution in [-0.2, 0) is 6.42 Å². The molecule has 3 aromatic rings. The van der Waals surface area contributed by atoms with E-state index in [4.69, 9.17) is 16.3 Å². The number of nitrogens with zero attached hydrogens (tertiary/aromatic N) is 2. The lowest BCUT2D eigenvalue weighted by atomic mass is 10.1. The Morgan fingerprint density at radius 2 is 2.14 bits per heavy atom. The van der Waals surface area contributed by atoms with E-state index < -0.39 is 0 Å². The Labute approximate surface area is 141 Å².